The van der Waals surface area contributed by atoms with Gasteiger partial charge in [0, 0.05) is 37.1 Å². The molecule has 0 aromatic carbocycles. The summed E-state index contributed by atoms with van der Waals surface area (Å²) in [5.41, 5.74) is 0. The minimum absolute atomic E-state index is 0.146. The Labute approximate surface area is 128 Å². The molecule has 6 heteroatoms. The van der Waals surface area contributed by atoms with Crippen LogP contribution in [0.15, 0.2) is 16.3 Å². The first-order chi connectivity index (χ1) is 9.52. The highest BCUT2D eigenvalue weighted by Crippen LogP contribution is 2.27. The summed E-state index contributed by atoms with van der Waals surface area (Å²) in [6.45, 7) is 6.90. The average molecular weight is 314 g/mol. The number of piperazine rings is 1. The lowest BCUT2D eigenvalue weighted by atomic mass is 10.1. The van der Waals surface area contributed by atoms with Crippen molar-refractivity contribution >= 4 is 29.0 Å². The molecule has 0 spiro atoms. The van der Waals surface area contributed by atoms with E-state index in [1.807, 2.05) is 22.6 Å². The zero-order valence-corrected chi connectivity index (χ0v) is 13.8. The molecule has 1 saturated heterocycles. The minimum atomic E-state index is -0.319. The first-order valence-electron chi connectivity index (χ1n) is 6.85. The Hall–Kier alpha value is -0.560. The van der Waals surface area contributed by atoms with E-state index in [1.54, 1.807) is 18.7 Å². The van der Waals surface area contributed by atoms with E-state index in [0.717, 1.165) is 29.4 Å². The van der Waals surface area contributed by atoms with Gasteiger partial charge in [-0.3, -0.25) is 9.69 Å². The van der Waals surface area contributed by atoms with Gasteiger partial charge in [-0.15, -0.1) is 23.1 Å². The largest absolute Gasteiger partial charge is 0.392 e. The van der Waals surface area contributed by atoms with Crippen molar-refractivity contribution in [1.82, 2.24) is 9.80 Å². The lowest BCUT2D eigenvalue weighted by Crippen LogP contribution is -2.54. The summed E-state index contributed by atoms with van der Waals surface area (Å²) in [6.07, 6.45) is 1.68. The second-order valence-electron chi connectivity index (χ2n) is 5.26. The molecular weight excluding hydrogens is 292 g/mol. The van der Waals surface area contributed by atoms with Crippen molar-refractivity contribution in [2.24, 2.45) is 0 Å². The third-order valence-corrected chi connectivity index (χ3v) is 5.41. The molecule has 2 atom stereocenters. The summed E-state index contributed by atoms with van der Waals surface area (Å²) >= 11 is 3.15. The number of aliphatic hydroxyl groups is 1. The van der Waals surface area contributed by atoms with Crippen molar-refractivity contribution in [3.63, 3.8) is 0 Å². The molecule has 4 nitrogen and oxygen atoms in total. The van der Waals surface area contributed by atoms with Gasteiger partial charge in [0.05, 0.1) is 6.10 Å². The van der Waals surface area contributed by atoms with Crippen molar-refractivity contribution in [1.29, 1.82) is 0 Å². The fraction of sp³-hybridized carbons (Fsp3) is 0.643. The van der Waals surface area contributed by atoms with E-state index in [1.165, 1.54) is 11.3 Å². The lowest BCUT2D eigenvalue weighted by Gasteiger charge is -2.40. The van der Waals surface area contributed by atoms with Crippen molar-refractivity contribution in [2.75, 3.05) is 32.4 Å². The number of thioether (sulfide) groups is 1. The van der Waals surface area contributed by atoms with Crippen molar-refractivity contribution in [3.8, 4) is 0 Å². The molecule has 0 aliphatic carbocycles. The van der Waals surface area contributed by atoms with Crippen LogP contribution in [0.1, 0.15) is 23.5 Å². The second kappa shape index (κ2) is 6.93. The van der Waals surface area contributed by atoms with Crippen LogP contribution in [0.4, 0.5) is 0 Å². The second-order valence-corrected chi connectivity index (χ2v) is 7.03. The maximum atomic E-state index is 12.6. The van der Waals surface area contributed by atoms with Gasteiger partial charge in [0.2, 0.25) is 0 Å². The van der Waals surface area contributed by atoms with Crippen molar-refractivity contribution in [2.45, 2.75) is 30.9 Å². The molecule has 20 heavy (non-hydrogen) atoms. The molecule has 1 aliphatic heterocycles. The number of hydrogen-bond acceptors (Lipinski definition) is 5. The standard InChI is InChI=1S/C14H22N2O2S2/c1-10-8-16(6-5-15(10)9-11(2)17)14(18)13-12(19-3)4-7-20-13/h4,7,10-11,17H,5-6,8-9H2,1-3H3/t10-,11-/m0/s1. The van der Waals surface area contributed by atoms with Crippen LogP contribution in [0.5, 0.6) is 0 Å². The summed E-state index contributed by atoms with van der Waals surface area (Å²) in [4.78, 5) is 18.7. The molecule has 1 aliphatic rings. The number of β-amino-alcohol motifs (C(OH)–C–C–N with tert-alkyl or cyclic N) is 1. The van der Waals surface area contributed by atoms with Crippen LogP contribution < -0.4 is 0 Å². The van der Waals surface area contributed by atoms with Gasteiger partial charge in [-0.2, -0.15) is 0 Å². The topological polar surface area (TPSA) is 43.8 Å². The minimum Gasteiger partial charge on any atom is -0.392 e. The van der Waals surface area contributed by atoms with E-state index >= 15 is 0 Å². The van der Waals surface area contributed by atoms with Crippen LogP contribution in [-0.2, 0) is 0 Å². The summed E-state index contributed by atoms with van der Waals surface area (Å²) in [7, 11) is 0. The van der Waals surface area contributed by atoms with Gasteiger partial charge >= 0.3 is 0 Å². The SMILES string of the molecule is CSc1ccsc1C(=O)N1CCN(C[C@H](C)O)[C@@H](C)C1. The summed E-state index contributed by atoms with van der Waals surface area (Å²) in [5, 5.41) is 11.5. The summed E-state index contributed by atoms with van der Waals surface area (Å²) in [5.74, 6) is 0.146. The Balaban J connectivity index is 2.00. The predicted molar refractivity (Wildman–Crippen MR) is 84.7 cm³/mol. The smallest absolute Gasteiger partial charge is 0.265 e. The van der Waals surface area contributed by atoms with Gasteiger partial charge in [-0.05, 0) is 31.5 Å². The molecule has 1 amide bonds. The van der Waals surface area contributed by atoms with Gasteiger partial charge in [-0.25, -0.2) is 0 Å². The molecule has 2 heterocycles. The average Bonchev–Trinajstić information content (AvgIpc) is 2.88. The molecule has 2 rings (SSSR count). The first kappa shape index (κ1) is 15.8. The number of hydrogen-bond donors (Lipinski definition) is 1. The monoisotopic (exact) mass is 314 g/mol. The molecule has 0 saturated carbocycles. The maximum absolute atomic E-state index is 12.6. The van der Waals surface area contributed by atoms with E-state index in [9.17, 15) is 9.90 Å². The molecule has 1 aromatic heterocycles. The first-order valence-corrected chi connectivity index (χ1v) is 8.96. The Kier molecular flexibility index (Phi) is 5.49. The number of carbonyl (C=O) groups excluding carboxylic acids is 1. The van der Waals surface area contributed by atoms with Crippen LogP contribution in [-0.4, -0.2) is 65.4 Å². The Bertz CT molecular complexity index is 462. The van der Waals surface area contributed by atoms with Crippen LogP contribution in [0, 0.1) is 0 Å². The van der Waals surface area contributed by atoms with Crippen LogP contribution in [0.3, 0.4) is 0 Å². The van der Waals surface area contributed by atoms with Gasteiger partial charge in [0.1, 0.15) is 4.88 Å². The van der Waals surface area contributed by atoms with E-state index < -0.39 is 0 Å². The number of aliphatic hydroxyl groups excluding tert-OH is 1. The highest BCUT2D eigenvalue weighted by molar-refractivity contribution is 7.98. The zero-order chi connectivity index (χ0) is 14.7. The zero-order valence-electron chi connectivity index (χ0n) is 12.2. The number of nitrogens with zero attached hydrogens (tertiary/aromatic N) is 2. The van der Waals surface area contributed by atoms with Gasteiger partial charge in [0.25, 0.3) is 5.91 Å². The highest BCUT2D eigenvalue weighted by atomic mass is 32.2. The molecule has 1 aromatic rings. The third-order valence-electron chi connectivity index (χ3n) is 3.59. The van der Waals surface area contributed by atoms with Crippen molar-refractivity contribution < 1.29 is 9.90 Å². The maximum Gasteiger partial charge on any atom is 0.265 e. The Morgan fingerprint density at radius 1 is 1.60 bits per heavy atom. The highest BCUT2D eigenvalue weighted by Gasteiger charge is 2.29. The molecule has 0 radical (unpaired) electrons. The molecule has 0 unspecified atom stereocenters. The normalized spacial score (nSPS) is 22.0. The molecular formula is C14H22N2O2S2. The van der Waals surface area contributed by atoms with E-state index in [-0.39, 0.29) is 12.0 Å². The molecule has 1 fully saturated rings. The Morgan fingerprint density at radius 3 is 2.95 bits per heavy atom. The van der Waals surface area contributed by atoms with Crippen LogP contribution in [0.25, 0.3) is 0 Å². The van der Waals surface area contributed by atoms with E-state index in [4.69, 9.17) is 0 Å². The van der Waals surface area contributed by atoms with Crippen LogP contribution in [0.2, 0.25) is 0 Å². The van der Waals surface area contributed by atoms with Crippen molar-refractivity contribution in [3.05, 3.63) is 16.3 Å². The van der Waals surface area contributed by atoms with Crippen LogP contribution >= 0.6 is 23.1 Å². The molecule has 1 N–H and O–H groups in total. The van der Waals surface area contributed by atoms with E-state index in [0.29, 0.717) is 12.6 Å². The number of thiophene rings is 1. The predicted octanol–water partition coefficient (Wildman–Crippen LogP) is 2.00. The van der Waals surface area contributed by atoms with Gasteiger partial charge in [0.15, 0.2) is 0 Å². The van der Waals surface area contributed by atoms with Gasteiger partial charge in [-0.1, -0.05) is 0 Å². The Morgan fingerprint density at radius 2 is 2.35 bits per heavy atom. The number of amides is 1. The number of carbonyl (C=O) groups is 1. The lowest BCUT2D eigenvalue weighted by molar-refractivity contribution is 0.0366. The fourth-order valence-corrected chi connectivity index (χ4v) is 4.26. The van der Waals surface area contributed by atoms with E-state index in [2.05, 4.69) is 11.8 Å². The van der Waals surface area contributed by atoms with Gasteiger partial charge < -0.3 is 10.0 Å². The molecule has 0 bridgehead atoms. The quantitative estimate of drug-likeness (QED) is 0.863. The summed E-state index contributed by atoms with van der Waals surface area (Å²) < 4.78 is 0. The molecule has 112 valence electrons. The fourth-order valence-electron chi connectivity index (χ4n) is 2.55. The number of rotatable bonds is 4. The third kappa shape index (κ3) is 3.55. The summed E-state index contributed by atoms with van der Waals surface area (Å²) in [6, 6.07) is 2.30.